The number of likely N-dealkylation sites (tertiary alicyclic amines) is 1. The molecule has 0 aromatic heterocycles. The van der Waals surface area contributed by atoms with Gasteiger partial charge in [0.15, 0.2) is 5.17 Å². The van der Waals surface area contributed by atoms with Gasteiger partial charge in [0.2, 0.25) is 0 Å². The lowest BCUT2D eigenvalue weighted by atomic mass is 9.90. The first-order valence-electron chi connectivity index (χ1n) is 9.28. The summed E-state index contributed by atoms with van der Waals surface area (Å²) < 4.78 is 0. The fourth-order valence-electron chi connectivity index (χ4n) is 3.58. The first-order chi connectivity index (χ1) is 13.2. The lowest BCUT2D eigenvalue weighted by Gasteiger charge is -2.32. The zero-order valence-electron chi connectivity index (χ0n) is 15.0. The SMILES string of the molecule is O=C1N=C(N2CCC(Cc3ccccc3)CC2)SC1=Cc1cccc(O)c1. The number of phenols is 1. The van der Waals surface area contributed by atoms with Crippen LogP contribution in [0.15, 0.2) is 64.5 Å². The number of thioether (sulfide) groups is 1. The molecule has 1 N–H and O–H groups in total. The molecule has 2 aromatic rings. The summed E-state index contributed by atoms with van der Waals surface area (Å²) in [7, 11) is 0. The third-order valence-electron chi connectivity index (χ3n) is 5.03. The van der Waals surface area contributed by atoms with E-state index in [9.17, 15) is 9.90 Å². The summed E-state index contributed by atoms with van der Waals surface area (Å²) in [5, 5.41) is 10.4. The van der Waals surface area contributed by atoms with Gasteiger partial charge >= 0.3 is 0 Å². The fraction of sp³-hybridized carbons (Fsp3) is 0.273. The van der Waals surface area contributed by atoms with Crippen molar-refractivity contribution in [3.05, 3.63) is 70.6 Å². The molecular weight excluding hydrogens is 356 g/mol. The molecule has 2 aromatic carbocycles. The zero-order valence-corrected chi connectivity index (χ0v) is 15.9. The largest absolute Gasteiger partial charge is 0.508 e. The Balaban J connectivity index is 1.35. The van der Waals surface area contributed by atoms with Crippen molar-refractivity contribution in [2.45, 2.75) is 19.3 Å². The molecule has 2 heterocycles. The topological polar surface area (TPSA) is 52.9 Å². The Hall–Kier alpha value is -2.53. The van der Waals surface area contributed by atoms with E-state index >= 15 is 0 Å². The summed E-state index contributed by atoms with van der Waals surface area (Å²) in [6, 6.07) is 17.5. The molecule has 1 saturated heterocycles. The predicted octanol–water partition coefficient (Wildman–Crippen LogP) is 4.32. The van der Waals surface area contributed by atoms with Crippen LogP contribution in [0.4, 0.5) is 0 Å². The number of benzene rings is 2. The Morgan fingerprint density at radius 3 is 2.63 bits per heavy atom. The number of hydrogen-bond donors (Lipinski definition) is 1. The highest BCUT2D eigenvalue weighted by Gasteiger charge is 2.29. The molecule has 0 radical (unpaired) electrons. The van der Waals surface area contributed by atoms with E-state index in [1.54, 1.807) is 24.3 Å². The van der Waals surface area contributed by atoms with Crippen LogP contribution in [0, 0.1) is 5.92 Å². The average Bonchev–Trinajstić information content (AvgIpc) is 3.04. The highest BCUT2D eigenvalue weighted by Crippen LogP contribution is 2.33. The second-order valence-corrected chi connectivity index (χ2v) is 8.03. The van der Waals surface area contributed by atoms with Gasteiger partial charge in [-0.05, 0) is 66.3 Å². The number of carbonyl (C=O) groups is 1. The number of amidine groups is 1. The molecule has 5 heteroatoms. The van der Waals surface area contributed by atoms with Gasteiger partial charge in [0.25, 0.3) is 5.91 Å². The molecule has 0 spiro atoms. The Labute approximate surface area is 163 Å². The van der Waals surface area contributed by atoms with E-state index in [1.165, 1.54) is 17.3 Å². The molecule has 1 fully saturated rings. The summed E-state index contributed by atoms with van der Waals surface area (Å²) in [5.74, 6) is 0.694. The van der Waals surface area contributed by atoms with Gasteiger partial charge in [-0.15, -0.1) is 0 Å². The number of rotatable bonds is 3. The minimum Gasteiger partial charge on any atom is -0.508 e. The summed E-state index contributed by atoms with van der Waals surface area (Å²) in [5.41, 5.74) is 2.21. The van der Waals surface area contributed by atoms with Gasteiger partial charge in [-0.25, -0.2) is 0 Å². The number of aromatic hydroxyl groups is 1. The van der Waals surface area contributed by atoms with Crippen LogP contribution < -0.4 is 0 Å². The molecule has 2 aliphatic rings. The molecule has 138 valence electrons. The monoisotopic (exact) mass is 378 g/mol. The molecule has 0 atom stereocenters. The number of nitrogens with zero attached hydrogens (tertiary/aromatic N) is 2. The highest BCUT2D eigenvalue weighted by atomic mass is 32.2. The van der Waals surface area contributed by atoms with Crippen LogP contribution >= 0.6 is 11.8 Å². The van der Waals surface area contributed by atoms with Crippen molar-refractivity contribution >= 4 is 28.9 Å². The maximum absolute atomic E-state index is 12.3. The van der Waals surface area contributed by atoms with Crippen LogP contribution in [0.2, 0.25) is 0 Å². The van der Waals surface area contributed by atoms with E-state index in [0.29, 0.717) is 10.8 Å². The van der Waals surface area contributed by atoms with Crippen molar-refractivity contribution in [1.82, 2.24) is 4.90 Å². The standard InChI is InChI=1S/C22H22N2O2S/c25-19-8-4-7-18(14-19)15-20-21(26)23-22(27-20)24-11-9-17(10-12-24)13-16-5-2-1-3-6-16/h1-8,14-15,17,25H,9-13H2. The Bertz CT molecular complexity index is 884. The Kier molecular flexibility index (Phi) is 5.30. The summed E-state index contributed by atoms with van der Waals surface area (Å²) >= 11 is 1.44. The van der Waals surface area contributed by atoms with Crippen LogP contribution in [0.3, 0.4) is 0 Å². The van der Waals surface area contributed by atoms with Gasteiger partial charge in [0, 0.05) is 13.1 Å². The second kappa shape index (κ2) is 8.01. The van der Waals surface area contributed by atoms with Crippen LogP contribution in [0.1, 0.15) is 24.0 Å². The van der Waals surface area contributed by atoms with Crippen molar-refractivity contribution < 1.29 is 9.90 Å². The maximum atomic E-state index is 12.3. The third-order valence-corrected chi connectivity index (χ3v) is 6.07. The van der Waals surface area contributed by atoms with Gasteiger partial charge in [0.1, 0.15) is 5.75 Å². The number of phenolic OH excluding ortho intramolecular Hbond substituents is 1. The van der Waals surface area contributed by atoms with Crippen molar-refractivity contribution in [2.75, 3.05) is 13.1 Å². The molecule has 0 saturated carbocycles. The summed E-state index contributed by atoms with van der Waals surface area (Å²) in [6.07, 6.45) is 5.16. The molecule has 4 rings (SSSR count). The van der Waals surface area contributed by atoms with E-state index in [-0.39, 0.29) is 11.7 Å². The van der Waals surface area contributed by atoms with Crippen molar-refractivity contribution in [3.63, 3.8) is 0 Å². The second-order valence-electron chi connectivity index (χ2n) is 7.03. The van der Waals surface area contributed by atoms with E-state index in [1.807, 2.05) is 6.07 Å². The minimum atomic E-state index is -0.190. The maximum Gasteiger partial charge on any atom is 0.286 e. The number of aliphatic imine (C=N–C) groups is 1. The lowest BCUT2D eigenvalue weighted by molar-refractivity contribution is -0.113. The zero-order chi connectivity index (χ0) is 18.6. The quantitative estimate of drug-likeness (QED) is 0.809. The van der Waals surface area contributed by atoms with E-state index in [4.69, 9.17) is 0 Å². The van der Waals surface area contributed by atoms with Crippen LogP contribution in [-0.4, -0.2) is 34.2 Å². The molecule has 2 aliphatic heterocycles. The number of carbonyl (C=O) groups excluding carboxylic acids is 1. The van der Waals surface area contributed by atoms with Crippen molar-refractivity contribution in [1.29, 1.82) is 0 Å². The van der Waals surface area contributed by atoms with E-state index in [0.717, 1.165) is 43.1 Å². The van der Waals surface area contributed by atoms with Crippen LogP contribution in [-0.2, 0) is 11.2 Å². The smallest absolute Gasteiger partial charge is 0.286 e. The van der Waals surface area contributed by atoms with E-state index in [2.05, 4.69) is 40.2 Å². The fourth-order valence-corrected chi connectivity index (χ4v) is 4.54. The molecule has 27 heavy (non-hydrogen) atoms. The normalized spacial score (nSPS) is 19.6. The lowest BCUT2D eigenvalue weighted by Crippen LogP contribution is -2.37. The number of hydrogen-bond acceptors (Lipinski definition) is 4. The first-order valence-corrected chi connectivity index (χ1v) is 10.1. The number of amides is 1. The van der Waals surface area contributed by atoms with Crippen molar-refractivity contribution in [2.24, 2.45) is 10.9 Å². The third kappa shape index (κ3) is 4.42. The van der Waals surface area contributed by atoms with Gasteiger partial charge in [-0.3, -0.25) is 4.79 Å². The first kappa shape index (κ1) is 17.9. The average molecular weight is 378 g/mol. The van der Waals surface area contributed by atoms with Crippen molar-refractivity contribution in [3.8, 4) is 5.75 Å². The molecule has 4 nitrogen and oxygen atoms in total. The van der Waals surface area contributed by atoms with Gasteiger partial charge in [-0.2, -0.15) is 4.99 Å². The predicted molar refractivity (Wildman–Crippen MR) is 111 cm³/mol. The highest BCUT2D eigenvalue weighted by molar-refractivity contribution is 8.18. The minimum absolute atomic E-state index is 0.190. The summed E-state index contributed by atoms with van der Waals surface area (Å²) in [6.45, 7) is 1.88. The molecule has 0 unspecified atom stereocenters. The summed E-state index contributed by atoms with van der Waals surface area (Å²) in [4.78, 5) is 19.4. The van der Waals surface area contributed by atoms with Gasteiger partial charge < -0.3 is 10.0 Å². The molecule has 0 aliphatic carbocycles. The Morgan fingerprint density at radius 2 is 1.89 bits per heavy atom. The van der Waals surface area contributed by atoms with Gasteiger partial charge in [0.05, 0.1) is 4.91 Å². The molecule has 1 amide bonds. The van der Waals surface area contributed by atoms with Gasteiger partial charge in [-0.1, -0.05) is 42.5 Å². The molecule has 0 bridgehead atoms. The Morgan fingerprint density at radius 1 is 1.11 bits per heavy atom. The number of piperidine rings is 1. The van der Waals surface area contributed by atoms with Crippen LogP contribution in [0.25, 0.3) is 6.08 Å². The molecular formula is C22H22N2O2S. The van der Waals surface area contributed by atoms with E-state index < -0.39 is 0 Å². The van der Waals surface area contributed by atoms with Crippen LogP contribution in [0.5, 0.6) is 5.75 Å².